The zero-order valence-corrected chi connectivity index (χ0v) is 16.7. The van der Waals surface area contributed by atoms with Crippen LogP contribution in [0, 0.1) is 5.82 Å². The minimum atomic E-state index is -3.66. The molecular weight excluding hydrogens is 415 g/mol. The van der Waals surface area contributed by atoms with Crippen LogP contribution in [-0.2, 0) is 32.4 Å². The van der Waals surface area contributed by atoms with Crippen molar-refractivity contribution in [3.8, 4) is 22.5 Å². The summed E-state index contributed by atoms with van der Waals surface area (Å²) in [6.07, 6.45) is 2.34. The number of sulfone groups is 1. The molecule has 2 aromatic heterocycles. The number of ether oxygens (including phenoxy) is 2. The van der Waals surface area contributed by atoms with Gasteiger partial charge in [-0.2, -0.15) is 0 Å². The summed E-state index contributed by atoms with van der Waals surface area (Å²) in [5, 5.41) is -0.348. The van der Waals surface area contributed by atoms with Gasteiger partial charge in [0.15, 0.2) is 0 Å². The Labute approximate surface area is 170 Å². The number of benzene rings is 1. The maximum atomic E-state index is 13.5. The molecule has 5 rings (SSSR count). The maximum Gasteiger partial charge on any atom is 0.275 e. The van der Waals surface area contributed by atoms with Crippen LogP contribution in [-0.4, -0.2) is 53.0 Å². The molecule has 0 bridgehead atoms. The van der Waals surface area contributed by atoms with E-state index in [1.165, 1.54) is 41.2 Å². The molecule has 2 aliphatic rings. The smallest absolute Gasteiger partial charge is 0.275 e. The van der Waals surface area contributed by atoms with Crippen molar-refractivity contribution in [3.63, 3.8) is 0 Å². The molecule has 0 atom stereocenters. The van der Waals surface area contributed by atoms with Gasteiger partial charge in [-0.1, -0.05) is 12.1 Å². The lowest BCUT2D eigenvalue weighted by atomic mass is 10.0. The Balaban J connectivity index is 1.76. The number of hydrogen-bond donors (Lipinski definition) is 0. The molecule has 0 amide bonds. The number of aromatic nitrogens is 4. The molecule has 4 heterocycles. The van der Waals surface area contributed by atoms with E-state index in [4.69, 9.17) is 9.47 Å². The summed E-state index contributed by atoms with van der Waals surface area (Å²) >= 11 is 0. The molecule has 3 aromatic rings. The summed E-state index contributed by atoms with van der Waals surface area (Å²) in [4.78, 5) is 21.4. The fraction of sp³-hybridized carbons (Fsp3) is 0.316. The predicted octanol–water partition coefficient (Wildman–Crippen LogP) is 1.07. The molecule has 9 nitrogen and oxygen atoms in total. The summed E-state index contributed by atoms with van der Waals surface area (Å²) in [6.45, 7) is 1.26. The zero-order chi connectivity index (χ0) is 21.1. The molecule has 30 heavy (non-hydrogen) atoms. The van der Waals surface area contributed by atoms with Gasteiger partial charge in [-0.15, -0.1) is 0 Å². The minimum Gasteiger partial charge on any atom is -0.344 e. The fourth-order valence-corrected chi connectivity index (χ4v) is 4.40. The Hall–Kier alpha value is -2.89. The molecule has 1 spiro atoms. The lowest BCUT2D eigenvalue weighted by molar-refractivity contribution is -0.158. The van der Waals surface area contributed by atoms with E-state index in [2.05, 4.69) is 9.97 Å². The maximum absolute atomic E-state index is 13.5. The molecule has 0 radical (unpaired) electrons. The lowest BCUT2D eigenvalue weighted by Crippen LogP contribution is -2.34. The highest BCUT2D eigenvalue weighted by Crippen LogP contribution is 2.36. The highest BCUT2D eigenvalue weighted by Gasteiger charge is 2.46. The van der Waals surface area contributed by atoms with Crippen LogP contribution in [0.2, 0.25) is 0 Å². The number of nitrogens with zero attached hydrogens (tertiary/aromatic N) is 4. The van der Waals surface area contributed by atoms with E-state index in [9.17, 15) is 17.6 Å². The molecule has 0 N–H and O–H groups in total. The molecule has 0 saturated carbocycles. The quantitative estimate of drug-likeness (QED) is 0.570. The third kappa shape index (κ3) is 2.97. The van der Waals surface area contributed by atoms with Gasteiger partial charge in [-0.05, 0) is 23.8 Å². The first kappa shape index (κ1) is 19.1. The van der Waals surface area contributed by atoms with Crippen LogP contribution in [0.25, 0.3) is 22.5 Å². The molecule has 156 valence electrons. The number of rotatable bonds is 3. The first-order chi connectivity index (χ1) is 14.3. The SMILES string of the molecule is CS(=O)(=O)c1nccc(-c2c(-c3ccc(F)cc3)c(=O)n3n2CC2(C3)OCCO2)n1. The van der Waals surface area contributed by atoms with E-state index in [0.717, 1.165) is 6.26 Å². The second-order valence-electron chi connectivity index (χ2n) is 7.26. The van der Waals surface area contributed by atoms with Crippen LogP contribution in [0.5, 0.6) is 0 Å². The third-order valence-electron chi connectivity index (χ3n) is 5.17. The first-order valence-electron chi connectivity index (χ1n) is 9.18. The molecule has 0 unspecified atom stereocenters. The van der Waals surface area contributed by atoms with Gasteiger partial charge >= 0.3 is 0 Å². The first-order valence-corrected chi connectivity index (χ1v) is 11.1. The standard InChI is InChI=1S/C19H17FN4O5S/c1-30(26,27)18-21-7-6-14(22-18)16-15(12-2-4-13(20)5-3-12)17(25)24-11-19(10-23(16)24)28-8-9-29-19/h2-7H,8-11H2,1H3. The summed E-state index contributed by atoms with van der Waals surface area (Å²) in [7, 11) is -3.66. The van der Waals surface area contributed by atoms with Crippen LogP contribution in [0.3, 0.4) is 0 Å². The normalized spacial score (nSPS) is 17.5. The Morgan fingerprint density at radius 3 is 2.40 bits per heavy atom. The van der Waals surface area contributed by atoms with E-state index >= 15 is 0 Å². The Bertz CT molecular complexity index is 1310. The van der Waals surface area contributed by atoms with Crippen molar-refractivity contribution >= 4 is 9.84 Å². The predicted molar refractivity (Wildman–Crippen MR) is 103 cm³/mol. The van der Waals surface area contributed by atoms with Gasteiger partial charge in [0.1, 0.15) is 5.82 Å². The molecule has 1 fully saturated rings. The van der Waals surface area contributed by atoms with Gasteiger partial charge in [-0.3, -0.25) is 9.48 Å². The average Bonchev–Trinajstić information content (AvgIpc) is 3.39. The molecule has 11 heteroatoms. The van der Waals surface area contributed by atoms with Crippen molar-refractivity contribution in [2.45, 2.75) is 24.0 Å². The van der Waals surface area contributed by atoms with E-state index < -0.39 is 21.4 Å². The van der Waals surface area contributed by atoms with E-state index in [0.29, 0.717) is 30.0 Å². The molecule has 1 saturated heterocycles. The van der Waals surface area contributed by atoms with E-state index in [1.54, 1.807) is 4.68 Å². The van der Waals surface area contributed by atoms with Crippen molar-refractivity contribution in [2.75, 3.05) is 19.5 Å². The fourth-order valence-electron chi connectivity index (χ4n) is 3.89. The number of hydrogen-bond acceptors (Lipinski definition) is 7. The Kier molecular flexibility index (Phi) is 4.17. The average molecular weight is 432 g/mol. The second kappa shape index (κ2) is 6.56. The summed E-state index contributed by atoms with van der Waals surface area (Å²) in [6, 6.07) is 7.06. The largest absolute Gasteiger partial charge is 0.344 e. The Morgan fingerprint density at radius 2 is 1.73 bits per heavy atom. The van der Waals surface area contributed by atoms with Gasteiger partial charge in [0.05, 0.1) is 43.3 Å². The van der Waals surface area contributed by atoms with Gasteiger partial charge in [0, 0.05) is 12.5 Å². The van der Waals surface area contributed by atoms with Gasteiger partial charge < -0.3 is 9.47 Å². The molecule has 1 aromatic carbocycles. The van der Waals surface area contributed by atoms with Gasteiger partial charge in [-0.25, -0.2) is 27.5 Å². The summed E-state index contributed by atoms with van der Waals surface area (Å²) in [5.74, 6) is -1.37. The van der Waals surface area contributed by atoms with Gasteiger partial charge in [0.2, 0.25) is 20.8 Å². The summed E-state index contributed by atoms with van der Waals surface area (Å²) in [5.41, 5.74) is 1.12. The monoisotopic (exact) mass is 432 g/mol. The van der Waals surface area contributed by atoms with Crippen LogP contribution in [0.15, 0.2) is 46.5 Å². The van der Waals surface area contributed by atoms with Crippen molar-refractivity contribution in [1.82, 2.24) is 19.3 Å². The van der Waals surface area contributed by atoms with Crippen LogP contribution < -0.4 is 5.56 Å². The molecule has 2 aliphatic heterocycles. The van der Waals surface area contributed by atoms with Crippen molar-refractivity contribution in [1.29, 1.82) is 0 Å². The van der Waals surface area contributed by atoms with Crippen molar-refractivity contribution in [3.05, 3.63) is 52.7 Å². The second-order valence-corrected chi connectivity index (χ2v) is 9.16. The lowest BCUT2D eigenvalue weighted by Gasteiger charge is -2.19. The zero-order valence-electron chi connectivity index (χ0n) is 15.9. The van der Waals surface area contributed by atoms with E-state index in [-0.39, 0.29) is 29.5 Å². The van der Waals surface area contributed by atoms with Crippen molar-refractivity contribution < 1.29 is 22.3 Å². The highest BCUT2D eigenvalue weighted by molar-refractivity contribution is 7.90. The van der Waals surface area contributed by atoms with Crippen LogP contribution in [0.1, 0.15) is 0 Å². The van der Waals surface area contributed by atoms with Crippen LogP contribution in [0.4, 0.5) is 4.39 Å². The topological polar surface area (TPSA) is 105 Å². The third-order valence-corrected chi connectivity index (χ3v) is 6.03. The highest BCUT2D eigenvalue weighted by atomic mass is 32.2. The molecular formula is C19H17FN4O5S. The van der Waals surface area contributed by atoms with E-state index in [1.807, 2.05) is 0 Å². The Morgan fingerprint density at radius 1 is 1.07 bits per heavy atom. The summed E-state index contributed by atoms with van der Waals surface area (Å²) < 4.78 is 52.1. The van der Waals surface area contributed by atoms with Gasteiger partial charge in [0.25, 0.3) is 5.56 Å². The molecule has 0 aliphatic carbocycles. The number of fused-ring (bicyclic) bond motifs is 1. The van der Waals surface area contributed by atoms with Crippen LogP contribution >= 0.6 is 0 Å². The minimum absolute atomic E-state index is 0.185. The van der Waals surface area contributed by atoms with Crippen molar-refractivity contribution in [2.24, 2.45) is 0 Å². The number of halogens is 1.